The quantitative estimate of drug-likeness (QED) is 0.883. The number of nitrogens with zero attached hydrogens (tertiary/aromatic N) is 1. The van der Waals surface area contributed by atoms with Crippen molar-refractivity contribution in [3.63, 3.8) is 0 Å². The van der Waals surface area contributed by atoms with Crippen molar-refractivity contribution in [3.8, 4) is 17.1 Å². The number of carboxylic acids is 1. The van der Waals surface area contributed by atoms with Crippen LogP contribution < -0.4 is 0 Å². The molecule has 1 aromatic heterocycles. The largest absolute Gasteiger partial charge is 0.507 e. The van der Waals surface area contributed by atoms with Gasteiger partial charge in [-0.25, -0.2) is 4.79 Å². The summed E-state index contributed by atoms with van der Waals surface area (Å²) >= 11 is 3.46. The summed E-state index contributed by atoms with van der Waals surface area (Å²) in [7, 11) is 0. The first-order valence-corrected chi connectivity index (χ1v) is 6.32. The van der Waals surface area contributed by atoms with E-state index in [0.29, 0.717) is 11.1 Å². The van der Waals surface area contributed by atoms with Gasteiger partial charge in [-0.3, -0.25) is 0 Å². The van der Waals surface area contributed by atoms with Gasteiger partial charge in [0.15, 0.2) is 11.5 Å². The molecule has 0 amide bonds. The normalized spacial score (nSPS) is 10.7. The number of phenolic OH excluding ortho intramolecular Hbond substituents is 1. The molecule has 0 bridgehead atoms. The van der Waals surface area contributed by atoms with E-state index in [-0.39, 0.29) is 17.2 Å². The predicted octanol–water partition coefficient (Wildman–Crippen LogP) is 3.43. The Morgan fingerprint density at radius 2 is 1.89 bits per heavy atom. The van der Waals surface area contributed by atoms with Crippen molar-refractivity contribution in [1.29, 1.82) is 0 Å². The van der Waals surface area contributed by atoms with Crippen LogP contribution in [0.1, 0.15) is 27.2 Å². The molecule has 0 aliphatic rings. The van der Waals surface area contributed by atoms with E-state index in [0.717, 1.165) is 15.6 Å². The van der Waals surface area contributed by atoms with Gasteiger partial charge in [0.25, 0.3) is 0 Å². The molecule has 19 heavy (non-hydrogen) atoms. The highest BCUT2D eigenvalue weighted by Gasteiger charge is 2.21. The van der Waals surface area contributed by atoms with Crippen molar-refractivity contribution in [1.82, 2.24) is 5.16 Å². The fraction of sp³-hybridized carbons (Fsp3) is 0.231. The predicted molar refractivity (Wildman–Crippen MR) is 72.5 cm³/mol. The molecule has 2 N–H and O–H groups in total. The first-order chi connectivity index (χ1) is 8.84. The van der Waals surface area contributed by atoms with Gasteiger partial charge in [0.2, 0.25) is 0 Å². The number of carbonyl (C=O) groups is 1. The molecule has 1 aromatic carbocycles. The fourth-order valence-electron chi connectivity index (χ4n) is 1.89. The van der Waals surface area contributed by atoms with E-state index < -0.39 is 5.97 Å². The maximum Gasteiger partial charge on any atom is 0.358 e. The maximum absolute atomic E-state index is 10.8. The second kappa shape index (κ2) is 4.70. The van der Waals surface area contributed by atoms with Crippen molar-refractivity contribution >= 4 is 21.9 Å². The van der Waals surface area contributed by atoms with Crippen LogP contribution in [0.15, 0.2) is 15.1 Å². The summed E-state index contributed by atoms with van der Waals surface area (Å²) in [5, 5.41) is 22.5. The lowest BCUT2D eigenvalue weighted by atomic mass is 9.97. The van der Waals surface area contributed by atoms with E-state index in [4.69, 9.17) is 9.63 Å². The van der Waals surface area contributed by atoms with Crippen LogP contribution >= 0.6 is 15.9 Å². The molecule has 5 nitrogen and oxygen atoms in total. The fourth-order valence-corrected chi connectivity index (χ4v) is 2.39. The number of rotatable bonds is 2. The Morgan fingerprint density at radius 3 is 2.42 bits per heavy atom. The second-order valence-electron chi connectivity index (χ2n) is 4.29. The van der Waals surface area contributed by atoms with Gasteiger partial charge >= 0.3 is 5.97 Å². The highest BCUT2D eigenvalue weighted by atomic mass is 79.9. The summed E-state index contributed by atoms with van der Waals surface area (Å²) in [6, 6.07) is 1.30. The minimum absolute atomic E-state index is 0.0753. The molecule has 0 fully saturated rings. The molecule has 0 saturated heterocycles. The Labute approximate surface area is 118 Å². The molecule has 0 spiro atoms. The smallest absolute Gasteiger partial charge is 0.358 e. The van der Waals surface area contributed by atoms with E-state index in [1.54, 1.807) is 6.92 Å². The van der Waals surface area contributed by atoms with Gasteiger partial charge in [-0.15, -0.1) is 0 Å². The van der Waals surface area contributed by atoms with Crippen molar-refractivity contribution < 1.29 is 19.5 Å². The number of halogens is 1. The Bertz CT molecular complexity index is 647. The summed E-state index contributed by atoms with van der Waals surface area (Å²) in [6.07, 6.45) is 0. The van der Waals surface area contributed by atoms with Crippen LogP contribution in [0.2, 0.25) is 0 Å². The summed E-state index contributed by atoms with van der Waals surface area (Å²) in [5.74, 6) is -0.863. The van der Waals surface area contributed by atoms with E-state index in [2.05, 4.69) is 21.1 Å². The van der Waals surface area contributed by atoms with E-state index in [1.807, 2.05) is 13.8 Å². The third-order valence-electron chi connectivity index (χ3n) is 3.16. The van der Waals surface area contributed by atoms with Gasteiger partial charge in [0.1, 0.15) is 5.75 Å². The Balaban J connectivity index is 2.71. The average Bonchev–Trinajstić information content (AvgIpc) is 2.84. The zero-order chi connectivity index (χ0) is 14.3. The Morgan fingerprint density at radius 1 is 1.26 bits per heavy atom. The lowest BCUT2D eigenvalue weighted by molar-refractivity contribution is 0.0686. The molecule has 1 heterocycles. The van der Waals surface area contributed by atoms with Crippen LogP contribution in [0, 0.1) is 20.8 Å². The van der Waals surface area contributed by atoms with E-state index in [1.165, 1.54) is 6.07 Å². The molecular formula is C13H12BrNO4. The van der Waals surface area contributed by atoms with Gasteiger partial charge in [-0.2, -0.15) is 0 Å². The number of aromatic nitrogens is 1. The minimum atomic E-state index is -1.17. The van der Waals surface area contributed by atoms with Gasteiger partial charge < -0.3 is 14.7 Å². The number of hydrogen-bond donors (Lipinski definition) is 2. The highest BCUT2D eigenvalue weighted by molar-refractivity contribution is 9.10. The van der Waals surface area contributed by atoms with Gasteiger partial charge in [-0.1, -0.05) is 21.1 Å². The molecule has 0 unspecified atom stereocenters. The molecule has 0 atom stereocenters. The topological polar surface area (TPSA) is 83.6 Å². The Hall–Kier alpha value is -1.82. The summed E-state index contributed by atoms with van der Waals surface area (Å²) in [4.78, 5) is 10.8. The highest BCUT2D eigenvalue weighted by Crippen LogP contribution is 2.41. The van der Waals surface area contributed by atoms with Crippen LogP contribution in [-0.4, -0.2) is 21.3 Å². The second-order valence-corrected chi connectivity index (χ2v) is 5.09. The molecule has 0 aliphatic carbocycles. The van der Waals surface area contributed by atoms with Crippen molar-refractivity contribution in [2.45, 2.75) is 20.8 Å². The SMILES string of the molecule is Cc1c(C)c(Br)c(C)c(-c2cc(C(=O)O)no2)c1O. The van der Waals surface area contributed by atoms with Crippen molar-refractivity contribution in [2.75, 3.05) is 0 Å². The summed E-state index contributed by atoms with van der Waals surface area (Å²) < 4.78 is 5.86. The molecular weight excluding hydrogens is 314 g/mol. The average molecular weight is 326 g/mol. The molecule has 2 aromatic rings. The zero-order valence-electron chi connectivity index (χ0n) is 10.6. The number of benzene rings is 1. The molecule has 0 aliphatic heterocycles. The van der Waals surface area contributed by atoms with Crippen LogP contribution in [0.4, 0.5) is 0 Å². The van der Waals surface area contributed by atoms with Crippen LogP contribution in [-0.2, 0) is 0 Å². The maximum atomic E-state index is 10.8. The lowest BCUT2D eigenvalue weighted by Crippen LogP contribution is -1.95. The van der Waals surface area contributed by atoms with Crippen LogP contribution in [0.25, 0.3) is 11.3 Å². The molecule has 100 valence electrons. The number of aromatic carboxylic acids is 1. The number of phenols is 1. The van der Waals surface area contributed by atoms with E-state index in [9.17, 15) is 9.90 Å². The lowest BCUT2D eigenvalue weighted by Gasteiger charge is -2.14. The monoisotopic (exact) mass is 325 g/mol. The van der Waals surface area contributed by atoms with Crippen LogP contribution in [0.3, 0.4) is 0 Å². The standard InChI is InChI=1S/C13H12BrNO4/c1-5-6(2)12(16)10(7(3)11(5)14)9-4-8(13(17)18)15-19-9/h4,16H,1-3H3,(H,17,18). The van der Waals surface area contributed by atoms with Crippen molar-refractivity contribution in [3.05, 3.63) is 32.9 Å². The molecule has 6 heteroatoms. The van der Waals surface area contributed by atoms with Gasteiger partial charge in [-0.05, 0) is 37.5 Å². The molecule has 0 radical (unpaired) electrons. The first-order valence-electron chi connectivity index (χ1n) is 5.53. The number of aromatic hydroxyl groups is 1. The van der Waals surface area contributed by atoms with Gasteiger partial charge in [0, 0.05) is 10.5 Å². The molecule has 2 rings (SSSR count). The van der Waals surface area contributed by atoms with Crippen LogP contribution in [0.5, 0.6) is 5.75 Å². The van der Waals surface area contributed by atoms with Gasteiger partial charge in [0.05, 0.1) is 5.56 Å². The third-order valence-corrected chi connectivity index (χ3v) is 4.35. The third kappa shape index (κ3) is 2.12. The Kier molecular flexibility index (Phi) is 3.36. The number of carboxylic acid groups (broad SMARTS) is 1. The number of hydrogen-bond acceptors (Lipinski definition) is 4. The first kappa shape index (κ1) is 13.6. The summed E-state index contributed by atoms with van der Waals surface area (Å²) in [6.45, 7) is 5.49. The van der Waals surface area contributed by atoms with Crippen molar-refractivity contribution in [2.24, 2.45) is 0 Å². The summed E-state index contributed by atoms with van der Waals surface area (Å²) in [5.41, 5.74) is 2.67. The molecule has 0 saturated carbocycles. The zero-order valence-corrected chi connectivity index (χ0v) is 12.2. The van der Waals surface area contributed by atoms with E-state index >= 15 is 0 Å². The minimum Gasteiger partial charge on any atom is -0.507 e.